The van der Waals surface area contributed by atoms with Gasteiger partial charge in [-0.3, -0.25) is 0 Å². The Balaban J connectivity index is 0.00000121. The summed E-state index contributed by atoms with van der Waals surface area (Å²) in [5.74, 6) is 0.793. The first-order chi connectivity index (χ1) is 5.36. The highest BCUT2D eigenvalue weighted by molar-refractivity contribution is 6.13. The van der Waals surface area contributed by atoms with Gasteiger partial charge in [0.05, 0.1) is 12.8 Å². The van der Waals surface area contributed by atoms with Gasteiger partial charge in [0, 0.05) is 6.07 Å². The summed E-state index contributed by atoms with van der Waals surface area (Å²) in [6, 6.07) is 7.43. The molecule has 2 N–H and O–H groups in total. The van der Waals surface area contributed by atoms with Crippen LogP contribution in [0.1, 0.15) is 0 Å². The van der Waals surface area contributed by atoms with Gasteiger partial charge in [0.15, 0.2) is 0 Å². The van der Waals surface area contributed by atoms with Crippen molar-refractivity contribution in [2.75, 3.05) is 12.5 Å². The van der Waals surface area contributed by atoms with Gasteiger partial charge in [-0.15, -0.1) is 17.4 Å². The van der Waals surface area contributed by atoms with Crippen molar-refractivity contribution in [3.63, 3.8) is 0 Å². The molecule has 0 saturated carbocycles. The Morgan fingerprint density at radius 1 is 1.42 bits per heavy atom. The van der Waals surface area contributed by atoms with Gasteiger partial charge < -0.3 is 10.2 Å². The number of hydrazine groups is 1. The normalized spacial score (nSPS) is 8.50. The van der Waals surface area contributed by atoms with E-state index in [4.69, 9.17) is 16.5 Å². The van der Waals surface area contributed by atoms with Gasteiger partial charge in [-0.25, -0.2) is 0 Å². The Morgan fingerprint density at radius 2 is 2.17 bits per heavy atom. The van der Waals surface area contributed by atoms with E-state index in [2.05, 4.69) is 10.4 Å². The van der Waals surface area contributed by atoms with Crippen molar-refractivity contribution in [3.05, 3.63) is 24.3 Å². The van der Waals surface area contributed by atoms with Crippen LogP contribution in [0.2, 0.25) is 0 Å². The first-order valence-electron chi connectivity index (χ1n) is 3.12. The average molecular weight is 209 g/mol. The highest BCUT2D eigenvalue weighted by Crippen LogP contribution is 2.15. The maximum atomic E-state index is 5.23. The number of benzene rings is 1. The second kappa shape index (κ2) is 5.94. The molecule has 12 heavy (non-hydrogen) atoms. The van der Waals surface area contributed by atoms with E-state index in [1.165, 1.54) is 0 Å². The summed E-state index contributed by atoms with van der Waals surface area (Å²) >= 11 is 5.23. The zero-order chi connectivity index (χ0) is 8.10. The van der Waals surface area contributed by atoms with Crippen LogP contribution in [0.5, 0.6) is 5.75 Å². The first-order valence-corrected chi connectivity index (χ1v) is 3.50. The maximum Gasteiger partial charge on any atom is 0.120 e. The van der Waals surface area contributed by atoms with E-state index in [0.29, 0.717) is 0 Å². The minimum atomic E-state index is 0. The first kappa shape index (κ1) is 11.4. The van der Waals surface area contributed by atoms with Crippen molar-refractivity contribution in [2.45, 2.75) is 0 Å². The average Bonchev–Trinajstić information content (AvgIpc) is 2.06. The molecule has 0 saturated heterocycles. The van der Waals surface area contributed by atoms with Gasteiger partial charge in [0.2, 0.25) is 0 Å². The topological polar surface area (TPSA) is 33.3 Å². The second-order valence-corrected chi connectivity index (χ2v) is 2.14. The molecule has 1 aromatic rings. The van der Waals surface area contributed by atoms with E-state index in [0.717, 1.165) is 11.4 Å². The highest BCUT2D eigenvalue weighted by atomic mass is 35.5. The third kappa shape index (κ3) is 3.17. The number of hydrogen-bond donors (Lipinski definition) is 2. The van der Waals surface area contributed by atoms with Gasteiger partial charge in [-0.05, 0) is 23.9 Å². The number of rotatable bonds is 3. The molecule has 1 rings (SSSR count). The molecule has 5 heteroatoms. The predicted molar refractivity (Wildman–Crippen MR) is 52.9 cm³/mol. The largest absolute Gasteiger partial charge is 0.497 e. The molecule has 0 amide bonds. The molecule has 68 valence electrons. The second-order valence-electron chi connectivity index (χ2n) is 1.95. The predicted octanol–water partition coefficient (Wildman–Crippen LogP) is 2.19. The summed E-state index contributed by atoms with van der Waals surface area (Å²) in [6.07, 6.45) is 0. The zero-order valence-electron chi connectivity index (χ0n) is 6.50. The van der Waals surface area contributed by atoms with Crippen molar-refractivity contribution >= 4 is 29.9 Å². The molecule has 0 radical (unpaired) electrons. The van der Waals surface area contributed by atoms with Crippen LogP contribution in [0.3, 0.4) is 0 Å². The molecule has 0 spiro atoms. The van der Waals surface area contributed by atoms with Crippen LogP contribution in [0.25, 0.3) is 0 Å². The van der Waals surface area contributed by atoms with Gasteiger partial charge in [-0.2, -0.15) is 0 Å². The summed E-state index contributed by atoms with van der Waals surface area (Å²) in [6.45, 7) is 0. The molecule has 0 heterocycles. The fraction of sp³-hybridized carbons (Fsp3) is 0.143. The van der Waals surface area contributed by atoms with Crippen molar-refractivity contribution in [2.24, 2.45) is 0 Å². The lowest BCUT2D eigenvalue weighted by molar-refractivity contribution is 0.415. The molecule has 0 aliphatic rings. The Bertz CT molecular complexity index is 232. The fourth-order valence-corrected chi connectivity index (χ4v) is 0.864. The quantitative estimate of drug-likeness (QED) is 0.591. The summed E-state index contributed by atoms with van der Waals surface area (Å²) in [5.41, 5.74) is 3.58. The minimum Gasteiger partial charge on any atom is -0.497 e. The van der Waals surface area contributed by atoms with Crippen LogP contribution in [-0.4, -0.2) is 7.11 Å². The lowest BCUT2D eigenvalue weighted by Gasteiger charge is -2.03. The van der Waals surface area contributed by atoms with Crippen LogP contribution in [0.4, 0.5) is 5.69 Å². The standard InChI is InChI=1S/C7H9ClN2O.ClH/c1-11-7-4-2-3-6(5-7)9-10-8;/h2-5,9-10H,1H3;1H. The van der Waals surface area contributed by atoms with E-state index < -0.39 is 0 Å². The smallest absolute Gasteiger partial charge is 0.120 e. The van der Waals surface area contributed by atoms with E-state index in [-0.39, 0.29) is 12.4 Å². The third-order valence-electron chi connectivity index (χ3n) is 1.26. The monoisotopic (exact) mass is 208 g/mol. The molecule has 1 aromatic carbocycles. The van der Waals surface area contributed by atoms with Crippen molar-refractivity contribution in [1.29, 1.82) is 0 Å². The maximum absolute atomic E-state index is 5.23. The molecule has 0 aromatic heterocycles. The molecule has 0 aliphatic heterocycles. The van der Waals surface area contributed by atoms with Crippen LogP contribution in [0.15, 0.2) is 24.3 Å². The van der Waals surface area contributed by atoms with Gasteiger partial charge in [0.25, 0.3) is 0 Å². The van der Waals surface area contributed by atoms with Crippen LogP contribution in [-0.2, 0) is 0 Å². The van der Waals surface area contributed by atoms with Crippen LogP contribution in [0, 0.1) is 0 Å². The lowest BCUT2D eigenvalue weighted by Crippen LogP contribution is -2.08. The molecule has 0 fully saturated rings. The molecular formula is C7H10Cl2N2O. The van der Waals surface area contributed by atoms with E-state index in [1.54, 1.807) is 7.11 Å². The molecule has 0 atom stereocenters. The summed E-state index contributed by atoms with van der Waals surface area (Å²) in [4.78, 5) is 2.30. The van der Waals surface area contributed by atoms with E-state index in [9.17, 15) is 0 Å². The zero-order valence-corrected chi connectivity index (χ0v) is 8.08. The Morgan fingerprint density at radius 3 is 2.75 bits per heavy atom. The number of nitrogens with one attached hydrogen (secondary N) is 2. The van der Waals surface area contributed by atoms with Crippen LogP contribution < -0.4 is 15.1 Å². The van der Waals surface area contributed by atoms with E-state index in [1.807, 2.05) is 24.3 Å². The van der Waals surface area contributed by atoms with Crippen molar-refractivity contribution in [1.82, 2.24) is 4.94 Å². The third-order valence-corrected chi connectivity index (χ3v) is 1.36. The minimum absolute atomic E-state index is 0. The molecule has 0 unspecified atom stereocenters. The van der Waals surface area contributed by atoms with Crippen molar-refractivity contribution < 1.29 is 4.74 Å². The summed E-state index contributed by atoms with van der Waals surface area (Å²) < 4.78 is 4.99. The van der Waals surface area contributed by atoms with Gasteiger partial charge in [0.1, 0.15) is 5.75 Å². The molecule has 0 bridgehead atoms. The highest BCUT2D eigenvalue weighted by Gasteiger charge is 1.91. The fourth-order valence-electron chi connectivity index (χ4n) is 0.755. The molecule has 3 nitrogen and oxygen atoms in total. The summed E-state index contributed by atoms with van der Waals surface area (Å²) in [7, 11) is 1.62. The Hall–Kier alpha value is -0.640. The van der Waals surface area contributed by atoms with Crippen molar-refractivity contribution in [3.8, 4) is 5.75 Å². The summed E-state index contributed by atoms with van der Waals surface area (Å²) in [5, 5.41) is 0. The van der Waals surface area contributed by atoms with Crippen LogP contribution >= 0.6 is 24.2 Å². The van der Waals surface area contributed by atoms with Gasteiger partial charge in [-0.1, -0.05) is 6.07 Å². The number of ether oxygens (including phenoxy) is 1. The Labute approximate surface area is 82.5 Å². The number of hydrogen-bond acceptors (Lipinski definition) is 3. The molecular weight excluding hydrogens is 199 g/mol. The Kier molecular flexibility index (Phi) is 5.62. The SMILES string of the molecule is COc1cccc(NNCl)c1.Cl. The lowest BCUT2D eigenvalue weighted by atomic mass is 10.3. The molecule has 0 aliphatic carbocycles. The van der Waals surface area contributed by atoms with E-state index >= 15 is 0 Å². The number of anilines is 1. The van der Waals surface area contributed by atoms with Gasteiger partial charge >= 0.3 is 0 Å². The number of halogens is 2. The number of methoxy groups -OCH3 is 1.